The average Bonchev–Trinajstić information content (AvgIpc) is 2.86. The molecule has 3 heterocycles. The minimum atomic E-state index is -5.46. The van der Waals surface area contributed by atoms with E-state index in [4.69, 9.17) is 28.2 Å². The molecule has 15 atom stereocenters. The van der Waals surface area contributed by atoms with Crippen LogP contribution in [0.5, 0.6) is 0 Å². The summed E-state index contributed by atoms with van der Waals surface area (Å²) in [5, 5.41) is 99.5. The van der Waals surface area contributed by atoms with E-state index < -0.39 is 120 Å². The first-order chi connectivity index (χ1) is 17.7. The smallest absolute Gasteiger partial charge is 0.394 e. The lowest BCUT2D eigenvalue weighted by atomic mass is 9.96. The van der Waals surface area contributed by atoms with Crippen molar-refractivity contribution in [2.45, 2.75) is 92.1 Å². The molecule has 3 aliphatic rings. The maximum absolute atomic E-state index is 11.8. The zero-order chi connectivity index (χ0) is 28.5. The molecule has 0 unspecified atom stereocenters. The summed E-state index contributed by atoms with van der Waals surface area (Å²) in [6, 6.07) is 0. The standard InChI is InChI=1S/C18H33O19P/c19-1-4-7(22)9(24)11(26)17(33-4)35-13-6(3-21)32-16(28)15(14(13)37-38(29,30)31)36-18-12(27)10(25)8(23)5(2-20)34-18/h4-28H,1-3H2,(H2,29,30,31)/t4-,5-,6-,7-,8-,9+,10+,11-,12-,13+,14+,15-,16-,17+,18-/m1/s1. The van der Waals surface area contributed by atoms with Crippen molar-refractivity contribution in [2.75, 3.05) is 19.8 Å². The third-order valence-corrected chi connectivity index (χ3v) is 6.85. The minimum Gasteiger partial charge on any atom is -0.394 e. The third-order valence-electron chi connectivity index (χ3n) is 6.33. The molecular formula is C18H33O19P. The highest BCUT2D eigenvalue weighted by Gasteiger charge is 2.55. The van der Waals surface area contributed by atoms with E-state index in [-0.39, 0.29) is 0 Å². The highest BCUT2D eigenvalue weighted by Crippen LogP contribution is 2.43. The molecule has 0 aromatic rings. The van der Waals surface area contributed by atoms with Gasteiger partial charge in [-0.3, -0.25) is 4.52 Å². The Labute approximate surface area is 214 Å². The maximum atomic E-state index is 11.8. The van der Waals surface area contributed by atoms with Gasteiger partial charge in [-0.15, -0.1) is 0 Å². The zero-order valence-corrected chi connectivity index (χ0v) is 20.3. The molecular weight excluding hydrogens is 551 g/mol. The van der Waals surface area contributed by atoms with Crippen LogP contribution in [0.3, 0.4) is 0 Å². The summed E-state index contributed by atoms with van der Waals surface area (Å²) in [6.07, 6.45) is -28.1. The first kappa shape index (κ1) is 32.0. The van der Waals surface area contributed by atoms with Crippen LogP contribution in [-0.4, -0.2) is 173 Å². The highest BCUT2D eigenvalue weighted by molar-refractivity contribution is 7.46. The summed E-state index contributed by atoms with van der Waals surface area (Å²) in [5.74, 6) is 0. The molecule has 0 spiro atoms. The lowest BCUT2D eigenvalue weighted by Crippen LogP contribution is -2.67. The zero-order valence-electron chi connectivity index (χ0n) is 19.5. The second kappa shape index (κ2) is 13.0. The molecule has 3 fully saturated rings. The summed E-state index contributed by atoms with van der Waals surface area (Å²) in [4.78, 5) is 19.0. The van der Waals surface area contributed by atoms with Gasteiger partial charge in [-0.05, 0) is 0 Å². The van der Waals surface area contributed by atoms with Gasteiger partial charge >= 0.3 is 7.82 Å². The fraction of sp³-hybridized carbons (Fsp3) is 1.00. The summed E-state index contributed by atoms with van der Waals surface area (Å²) >= 11 is 0. The number of hydrogen-bond donors (Lipinski definition) is 12. The predicted octanol–water partition coefficient (Wildman–Crippen LogP) is -7.46. The van der Waals surface area contributed by atoms with Crippen LogP contribution in [0, 0.1) is 0 Å². The van der Waals surface area contributed by atoms with E-state index in [1.54, 1.807) is 0 Å². The molecule has 12 N–H and O–H groups in total. The van der Waals surface area contributed by atoms with Crippen LogP contribution >= 0.6 is 7.82 Å². The Morgan fingerprint density at radius 3 is 1.37 bits per heavy atom. The van der Waals surface area contributed by atoms with E-state index in [0.717, 1.165) is 0 Å². The van der Waals surface area contributed by atoms with Crippen LogP contribution in [0.4, 0.5) is 0 Å². The van der Waals surface area contributed by atoms with Crippen molar-refractivity contribution in [1.82, 2.24) is 0 Å². The molecule has 0 bridgehead atoms. The van der Waals surface area contributed by atoms with Crippen LogP contribution in [0.1, 0.15) is 0 Å². The van der Waals surface area contributed by atoms with Crippen LogP contribution in [-0.2, 0) is 32.8 Å². The Kier molecular flexibility index (Phi) is 11.0. The number of rotatable bonds is 9. The van der Waals surface area contributed by atoms with Crippen molar-refractivity contribution in [3.8, 4) is 0 Å². The minimum absolute atomic E-state index is 0.848. The van der Waals surface area contributed by atoms with Gasteiger partial charge in [0.1, 0.15) is 73.2 Å². The van der Waals surface area contributed by atoms with E-state index in [0.29, 0.717) is 0 Å². The third kappa shape index (κ3) is 6.86. The molecule has 38 heavy (non-hydrogen) atoms. The molecule has 0 aromatic heterocycles. The van der Waals surface area contributed by atoms with Crippen LogP contribution < -0.4 is 0 Å². The quantitative estimate of drug-likeness (QED) is 0.112. The largest absolute Gasteiger partial charge is 0.470 e. The first-order valence-corrected chi connectivity index (χ1v) is 12.9. The Balaban J connectivity index is 1.92. The van der Waals surface area contributed by atoms with Crippen LogP contribution in [0.2, 0.25) is 0 Å². The number of phosphoric ester groups is 1. The normalized spacial score (nSPS) is 48.7. The number of aliphatic hydroxyl groups is 10. The topological polar surface area (TPSA) is 315 Å². The molecule has 3 aliphatic heterocycles. The Hall–Kier alpha value is -0.490. The van der Waals surface area contributed by atoms with Crippen LogP contribution in [0.15, 0.2) is 0 Å². The number of phosphoric acid groups is 1. The van der Waals surface area contributed by atoms with E-state index in [1.165, 1.54) is 0 Å². The van der Waals surface area contributed by atoms with Crippen LogP contribution in [0.25, 0.3) is 0 Å². The fourth-order valence-electron chi connectivity index (χ4n) is 4.30. The summed E-state index contributed by atoms with van der Waals surface area (Å²) in [6.45, 7) is -2.68. The number of ether oxygens (including phenoxy) is 5. The average molecular weight is 584 g/mol. The van der Waals surface area contributed by atoms with Gasteiger partial charge in [0.15, 0.2) is 18.9 Å². The molecule has 224 valence electrons. The second-order valence-electron chi connectivity index (χ2n) is 8.90. The summed E-state index contributed by atoms with van der Waals surface area (Å²) in [7, 11) is -5.46. The van der Waals surface area contributed by atoms with Gasteiger partial charge in [0.25, 0.3) is 0 Å². The van der Waals surface area contributed by atoms with Crippen molar-refractivity contribution < 1.29 is 93.6 Å². The van der Waals surface area contributed by atoms with Gasteiger partial charge in [0.2, 0.25) is 0 Å². The van der Waals surface area contributed by atoms with Gasteiger partial charge in [0, 0.05) is 0 Å². The predicted molar refractivity (Wildman–Crippen MR) is 112 cm³/mol. The van der Waals surface area contributed by atoms with Crippen molar-refractivity contribution in [3.63, 3.8) is 0 Å². The molecule has 20 heteroatoms. The molecule has 0 amide bonds. The Morgan fingerprint density at radius 2 is 0.974 bits per heavy atom. The van der Waals surface area contributed by atoms with E-state index >= 15 is 0 Å². The molecule has 0 radical (unpaired) electrons. The van der Waals surface area contributed by atoms with Crippen molar-refractivity contribution in [1.29, 1.82) is 0 Å². The van der Waals surface area contributed by atoms with E-state index in [9.17, 15) is 65.4 Å². The van der Waals surface area contributed by atoms with Gasteiger partial charge < -0.3 is 84.5 Å². The van der Waals surface area contributed by atoms with Gasteiger partial charge in [-0.2, -0.15) is 0 Å². The molecule has 0 aliphatic carbocycles. The highest BCUT2D eigenvalue weighted by atomic mass is 31.2. The number of hydrogen-bond acceptors (Lipinski definition) is 17. The molecule has 3 rings (SSSR count). The Bertz CT molecular complexity index is 796. The van der Waals surface area contributed by atoms with Gasteiger partial charge in [0.05, 0.1) is 19.8 Å². The first-order valence-electron chi connectivity index (χ1n) is 11.3. The lowest BCUT2D eigenvalue weighted by molar-refractivity contribution is -0.380. The monoisotopic (exact) mass is 584 g/mol. The summed E-state index contributed by atoms with van der Waals surface area (Å²) < 4.78 is 43.0. The fourth-order valence-corrected chi connectivity index (χ4v) is 4.86. The van der Waals surface area contributed by atoms with Gasteiger partial charge in [-0.25, -0.2) is 4.57 Å². The maximum Gasteiger partial charge on any atom is 0.470 e. The van der Waals surface area contributed by atoms with Crippen molar-refractivity contribution >= 4 is 7.82 Å². The van der Waals surface area contributed by atoms with E-state index in [2.05, 4.69) is 0 Å². The SMILES string of the molecule is O=P(O)(O)O[C@@H]1[C@@H](O[C@H]2O[C@H](CO)[C@@H](O)[C@H](O)[C@H]2O)[C@H](O)O[C@H](CO)[C@@H]1O[C@@H]1O[C@H](CO)[C@@H](O)[C@H](O)[C@H]1O. The number of aliphatic hydroxyl groups excluding tert-OH is 10. The van der Waals surface area contributed by atoms with Crippen molar-refractivity contribution in [2.24, 2.45) is 0 Å². The van der Waals surface area contributed by atoms with Gasteiger partial charge in [-0.1, -0.05) is 0 Å². The Morgan fingerprint density at radius 1 is 0.553 bits per heavy atom. The molecule has 3 saturated heterocycles. The second-order valence-corrected chi connectivity index (χ2v) is 10.1. The van der Waals surface area contributed by atoms with E-state index in [1.807, 2.05) is 0 Å². The lowest BCUT2D eigenvalue weighted by Gasteiger charge is -2.48. The molecule has 19 nitrogen and oxygen atoms in total. The molecule has 0 saturated carbocycles. The van der Waals surface area contributed by atoms with Crippen molar-refractivity contribution in [3.05, 3.63) is 0 Å². The summed E-state index contributed by atoms with van der Waals surface area (Å²) in [5.41, 5.74) is 0. The molecule has 0 aromatic carbocycles.